The second kappa shape index (κ2) is 4.07. The van der Waals surface area contributed by atoms with E-state index in [0.717, 1.165) is 16.7 Å². The summed E-state index contributed by atoms with van der Waals surface area (Å²) in [6.45, 7) is 1.97. The molecule has 0 saturated carbocycles. The van der Waals surface area contributed by atoms with E-state index in [2.05, 4.69) is 5.10 Å². The predicted octanol–water partition coefficient (Wildman–Crippen LogP) is 3.47. The minimum Gasteiger partial charge on any atom is -0.459 e. The lowest BCUT2D eigenvalue weighted by Crippen LogP contribution is -2.10. The Bertz CT molecular complexity index is 668. The largest absolute Gasteiger partial charge is 0.459 e. The van der Waals surface area contributed by atoms with Crippen LogP contribution in [-0.4, -0.2) is 9.78 Å². The van der Waals surface area contributed by atoms with Crippen LogP contribution in [-0.2, 0) is 0 Å². The number of rotatable bonds is 2. The molecule has 5 heteroatoms. The molecule has 18 heavy (non-hydrogen) atoms. The Morgan fingerprint density at radius 3 is 2.83 bits per heavy atom. The van der Waals surface area contributed by atoms with E-state index in [1.807, 2.05) is 37.3 Å². The highest BCUT2D eigenvalue weighted by atomic mass is 35.5. The zero-order chi connectivity index (χ0) is 12.7. The average Bonchev–Trinajstić information content (AvgIpc) is 2.94. The van der Waals surface area contributed by atoms with Gasteiger partial charge in [-0.2, -0.15) is 5.10 Å². The van der Waals surface area contributed by atoms with Gasteiger partial charge in [-0.3, -0.25) is 0 Å². The monoisotopic (exact) mass is 261 g/mol. The highest BCUT2D eigenvalue weighted by Crippen LogP contribution is 2.29. The molecule has 0 saturated heterocycles. The molecule has 0 fully saturated rings. The molecule has 0 bridgehead atoms. The third-order valence-electron chi connectivity index (χ3n) is 3.01. The van der Waals surface area contributed by atoms with Crippen LogP contribution in [0.25, 0.3) is 11.0 Å². The van der Waals surface area contributed by atoms with Gasteiger partial charge in [0.05, 0.1) is 6.20 Å². The summed E-state index contributed by atoms with van der Waals surface area (Å²) in [6, 6.07) is 9.77. The third-order valence-corrected chi connectivity index (χ3v) is 3.30. The van der Waals surface area contributed by atoms with Gasteiger partial charge >= 0.3 is 0 Å². The molecule has 4 nitrogen and oxygen atoms in total. The minimum atomic E-state index is -0.0927. The first-order valence-electron chi connectivity index (χ1n) is 5.64. The molecule has 92 valence electrons. The van der Waals surface area contributed by atoms with Crippen LogP contribution in [0.5, 0.6) is 0 Å². The number of para-hydroxylation sites is 1. The molecule has 0 aliphatic carbocycles. The molecular weight excluding hydrogens is 250 g/mol. The van der Waals surface area contributed by atoms with E-state index >= 15 is 0 Å². The standard InChI is InChI=1S/C13H12ClN3O/c1-8(17-13(15)10(14)7-16-17)12-6-9-4-2-3-5-11(9)18-12/h2-8H,15H2,1H3. The van der Waals surface area contributed by atoms with Crippen LogP contribution >= 0.6 is 11.6 Å². The van der Waals surface area contributed by atoms with E-state index in [0.29, 0.717) is 10.8 Å². The number of nitrogen functional groups attached to an aromatic ring is 1. The van der Waals surface area contributed by atoms with E-state index in [1.165, 1.54) is 6.20 Å². The maximum absolute atomic E-state index is 5.90. The Kier molecular flexibility index (Phi) is 2.52. The Labute approximate surface area is 109 Å². The number of anilines is 1. The van der Waals surface area contributed by atoms with Gasteiger partial charge < -0.3 is 10.2 Å². The molecule has 1 atom stereocenters. The zero-order valence-electron chi connectivity index (χ0n) is 9.80. The molecular formula is C13H12ClN3O. The van der Waals surface area contributed by atoms with E-state index in [4.69, 9.17) is 21.8 Å². The topological polar surface area (TPSA) is 57.0 Å². The first-order chi connectivity index (χ1) is 8.66. The first kappa shape index (κ1) is 11.2. The number of halogens is 1. The van der Waals surface area contributed by atoms with Gasteiger partial charge in [-0.15, -0.1) is 0 Å². The van der Waals surface area contributed by atoms with Crippen molar-refractivity contribution in [3.63, 3.8) is 0 Å². The maximum Gasteiger partial charge on any atom is 0.141 e. The van der Waals surface area contributed by atoms with Crippen molar-refractivity contribution in [2.45, 2.75) is 13.0 Å². The summed E-state index contributed by atoms with van der Waals surface area (Å²) in [6.07, 6.45) is 1.54. The summed E-state index contributed by atoms with van der Waals surface area (Å²) >= 11 is 5.90. The summed E-state index contributed by atoms with van der Waals surface area (Å²) in [5.74, 6) is 1.26. The van der Waals surface area contributed by atoms with E-state index in [9.17, 15) is 0 Å². The van der Waals surface area contributed by atoms with E-state index in [1.54, 1.807) is 4.68 Å². The van der Waals surface area contributed by atoms with Crippen molar-refractivity contribution in [1.82, 2.24) is 9.78 Å². The fraction of sp³-hybridized carbons (Fsp3) is 0.154. The molecule has 3 rings (SSSR count). The maximum atomic E-state index is 5.90. The van der Waals surface area contributed by atoms with Crippen molar-refractivity contribution in [2.75, 3.05) is 5.73 Å². The molecule has 2 heterocycles. The molecule has 0 aliphatic heterocycles. The van der Waals surface area contributed by atoms with Crippen molar-refractivity contribution < 1.29 is 4.42 Å². The number of nitrogens with zero attached hydrogens (tertiary/aromatic N) is 2. The van der Waals surface area contributed by atoms with Gasteiger partial charge in [0.25, 0.3) is 0 Å². The lowest BCUT2D eigenvalue weighted by atomic mass is 10.2. The smallest absolute Gasteiger partial charge is 0.141 e. The van der Waals surface area contributed by atoms with Gasteiger partial charge in [0, 0.05) is 5.39 Å². The fourth-order valence-electron chi connectivity index (χ4n) is 1.99. The van der Waals surface area contributed by atoms with Crippen molar-refractivity contribution in [3.05, 3.63) is 47.3 Å². The number of hydrogen-bond acceptors (Lipinski definition) is 3. The zero-order valence-corrected chi connectivity index (χ0v) is 10.6. The molecule has 0 spiro atoms. The highest BCUT2D eigenvalue weighted by molar-refractivity contribution is 6.32. The van der Waals surface area contributed by atoms with Gasteiger partial charge in [-0.05, 0) is 19.1 Å². The summed E-state index contributed by atoms with van der Waals surface area (Å²) in [5, 5.41) is 5.68. The van der Waals surface area contributed by atoms with E-state index < -0.39 is 0 Å². The summed E-state index contributed by atoms with van der Waals surface area (Å²) < 4.78 is 7.44. The van der Waals surface area contributed by atoms with Crippen molar-refractivity contribution in [1.29, 1.82) is 0 Å². The van der Waals surface area contributed by atoms with Crippen LogP contribution in [0.15, 0.2) is 40.9 Å². The second-order valence-electron chi connectivity index (χ2n) is 4.18. The quantitative estimate of drug-likeness (QED) is 0.768. The molecule has 2 aromatic heterocycles. The molecule has 3 aromatic rings. The Hall–Kier alpha value is -1.94. The Morgan fingerprint density at radius 2 is 2.17 bits per heavy atom. The SMILES string of the molecule is CC(c1cc2ccccc2o1)n1ncc(Cl)c1N. The lowest BCUT2D eigenvalue weighted by molar-refractivity contribution is 0.449. The van der Waals surface area contributed by atoms with Gasteiger partial charge in [0.1, 0.15) is 28.2 Å². The summed E-state index contributed by atoms with van der Waals surface area (Å²) in [5.41, 5.74) is 6.72. The van der Waals surface area contributed by atoms with Gasteiger partial charge in [-0.25, -0.2) is 4.68 Å². The van der Waals surface area contributed by atoms with Crippen LogP contribution in [0.4, 0.5) is 5.82 Å². The van der Waals surface area contributed by atoms with Gasteiger partial charge in [0.15, 0.2) is 0 Å². The summed E-state index contributed by atoms with van der Waals surface area (Å²) in [7, 11) is 0. The van der Waals surface area contributed by atoms with Gasteiger partial charge in [-0.1, -0.05) is 29.8 Å². The molecule has 0 radical (unpaired) electrons. The van der Waals surface area contributed by atoms with Gasteiger partial charge in [0.2, 0.25) is 0 Å². The minimum absolute atomic E-state index is 0.0927. The molecule has 1 unspecified atom stereocenters. The Balaban J connectivity index is 2.06. The number of aromatic nitrogens is 2. The number of hydrogen-bond donors (Lipinski definition) is 1. The number of fused-ring (bicyclic) bond motifs is 1. The second-order valence-corrected chi connectivity index (χ2v) is 4.59. The average molecular weight is 262 g/mol. The highest BCUT2D eigenvalue weighted by Gasteiger charge is 2.17. The lowest BCUT2D eigenvalue weighted by Gasteiger charge is -2.10. The molecule has 0 aliphatic rings. The Morgan fingerprint density at radius 1 is 1.39 bits per heavy atom. The van der Waals surface area contributed by atoms with Crippen LogP contribution < -0.4 is 5.73 Å². The fourth-order valence-corrected chi connectivity index (χ4v) is 2.12. The molecule has 2 N–H and O–H groups in total. The predicted molar refractivity (Wildman–Crippen MR) is 71.7 cm³/mol. The molecule has 1 aromatic carbocycles. The van der Waals surface area contributed by atoms with Crippen molar-refractivity contribution in [2.24, 2.45) is 0 Å². The van der Waals surface area contributed by atoms with Crippen LogP contribution in [0.1, 0.15) is 18.7 Å². The number of nitrogens with two attached hydrogens (primary N) is 1. The number of benzene rings is 1. The van der Waals surface area contributed by atoms with Crippen LogP contribution in [0.2, 0.25) is 5.02 Å². The van der Waals surface area contributed by atoms with Crippen LogP contribution in [0, 0.1) is 0 Å². The van der Waals surface area contributed by atoms with Crippen molar-refractivity contribution >= 4 is 28.4 Å². The van der Waals surface area contributed by atoms with Crippen molar-refractivity contribution in [3.8, 4) is 0 Å². The molecule has 0 amide bonds. The number of furan rings is 1. The normalized spacial score (nSPS) is 13.0. The third kappa shape index (κ3) is 1.66. The van der Waals surface area contributed by atoms with Crippen LogP contribution in [0.3, 0.4) is 0 Å². The summed E-state index contributed by atoms with van der Waals surface area (Å²) in [4.78, 5) is 0. The van der Waals surface area contributed by atoms with E-state index in [-0.39, 0.29) is 6.04 Å². The first-order valence-corrected chi connectivity index (χ1v) is 6.01.